The Kier molecular flexibility index (Phi) is 5.12. The van der Waals surface area contributed by atoms with E-state index in [1.807, 2.05) is 13.8 Å². The molecule has 0 amide bonds. The summed E-state index contributed by atoms with van der Waals surface area (Å²) < 4.78 is 33.4. The summed E-state index contributed by atoms with van der Waals surface area (Å²) in [5.41, 5.74) is -0.338. The van der Waals surface area contributed by atoms with Crippen LogP contribution >= 0.6 is 15.9 Å². The SMILES string of the molecule is CC(C)N1CCOC(C(O)c2c(F)ccc(Br)c2F)C1. The first-order valence-corrected chi connectivity index (χ1v) is 7.38. The van der Waals surface area contributed by atoms with E-state index >= 15 is 0 Å². The fourth-order valence-corrected chi connectivity index (χ4v) is 2.70. The predicted molar refractivity (Wildman–Crippen MR) is 75.5 cm³/mol. The summed E-state index contributed by atoms with van der Waals surface area (Å²) >= 11 is 3.00. The average Bonchev–Trinajstić information content (AvgIpc) is 2.43. The zero-order chi connectivity index (χ0) is 14.9. The molecule has 0 saturated carbocycles. The molecule has 1 saturated heterocycles. The number of benzene rings is 1. The largest absolute Gasteiger partial charge is 0.385 e. The van der Waals surface area contributed by atoms with E-state index < -0.39 is 23.8 Å². The molecule has 3 nitrogen and oxygen atoms in total. The van der Waals surface area contributed by atoms with Crippen molar-refractivity contribution in [3.8, 4) is 0 Å². The molecule has 0 aliphatic carbocycles. The third-order valence-corrected chi connectivity index (χ3v) is 4.19. The monoisotopic (exact) mass is 349 g/mol. The van der Waals surface area contributed by atoms with Crippen LogP contribution in [0.15, 0.2) is 16.6 Å². The molecule has 6 heteroatoms. The van der Waals surface area contributed by atoms with Gasteiger partial charge in [-0.15, -0.1) is 0 Å². The molecule has 2 atom stereocenters. The van der Waals surface area contributed by atoms with E-state index in [1.54, 1.807) is 0 Å². The summed E-state index contributed by atoms with van der Waals surface area (Å²) in [6.07, 6.45) is -1.96. The molecular weight excluding hydrogens is 332 g/mol. The van der Waals surface area contributed by atoms with Crippen LogP contribution in [0.4, 0.5) is 8.78 Å². The summed E-state index contributed by atoms with van der Waals surface area (Å²) in [6.45, 7) is 5.72. The van der Waals surface area contributed by atoms with Crippen molar-refractivity contribution < 1.29 is 18.6 Å². The van der Waals surface area contributed by atoms with Crippen LogP contribution in [-0.4, -0.2) is 41.8 Å². The molecule has 1 aromatic rings. The van der Waals surface area contributed by atoms with Crippen LogP contribution in [0.1, 0.15) is 25.5 Å². The van der Waals surface area contributed by atoms with Gasteiger partial charge in [-0.3, -0.25) is 4.90 Å². The topological polar surface area (TPSA) is 32.7 Å². The minimum atomic E-state index is -1.32. The van der Waals surface area contributed by atoms with E-state index in [4.69, 9.17) is 4.74 Å². The molecule has 20 heavy (non-hydrogen) atoms. The molecule has 2 unspecified atom stereocenters. The number of aliphatic hydroxyl groups is 1. The van der Waals surface area contributed by atoms with Crippen LogP contribution in [0.5, 0.6) is 0 Å². The Balaban J connectivity index is 2.23. The van der Waals surface area contributed by atoms with Crippen molar-refractivity contribution in [1.82, 2.24) is 4.90 Å². The molecular formula is C14H18BrF2NO2. The Labute approximate surface area is 125 Å². The van der Waals surface area contributed by atoms with Gasteiger partial charge in [-0.05, 0) is 41.9 Å². The van der Waals surface area contributed by atoms with Gasteiger partial charge in [0.1, 0.15) is 23.8 Å². The third-order valence-electron chi connectivity index (χ3n) is 3.58. The van der Waals surface area contributed by atoms with Gasteiger partial charge in [0.25, 0.3) is 0 Å². The molecule has 1 N–H and O–H groups in total. The quantitative estimate of drug-likeness (QED) is 0.851. The lowest BCUT2D eigenvalue weighted by atomic mass is 10.0. The van der Waals surface area contributed by atoms with Crippen molar-refractivity contribution in [2.24, 2.45) is 0 Å². The first kappa shape index (κ1) is 15.8. The summed E-state index contributed by atoms with van der Waals surface area (Å²) in [5.74, 6) is -1.54. The lowest BCUT2D eigenvalue weighted by molar-refractivity contribution is -0.0978. The first-order valence-electron chi connectivity index (χ1n) is 6.59. The molecule has 2 rings (SSSR count). The first-order chi connectivity index (χ1) is 9.41. The molecule has 112 valence electrons. The summed E-state index contributed by atoms with van der Waals surface area (Å²) in [4.78, 5) is 2.12. The number of ether oxygens (including phenoxy) is 1. The summed E-state index contributed by atoms with van der Waals surface area (Å²) in [5, 5.41) is 10.3. The van der Waals surface area contributed by atoms with Crippen LogP contribution in [-0.2, 0) is 4.74 Å². The smallest absolute Gasteiger partial charge is 0.146 e. The zero-order valence-corrected chi connectivity index (χ0v) is 13.0. The van der Waals surface area contributed by atoms with Crippen LogP contribution in [0.3, 0.4) is 0 Å². The van der Waals surface area contributed by atoms with Crippen LogP contribution in [0.2, 0.25) is 0 Å². The third kappa shape index (κ3) is 3.19. The van der Waals surface area contributed by atoms with Crippen molar-refractivity contribution in [2.75, 3.05) is 19.7 Å². The van der Waals surface area contributed by atoms with Gasteiger partial charge in [-0.25, -0.2) is 8.78 Å². The van der Waals surface area contributed by atoms with Crippen molar-refractivity contribution in [3.05, 3.63) is 33.8 Å². The van der Waals surface area contributed by atoms with Gasteiger partial charge in [0, 0.05) is 19.1 Å². The highest BCUT2D eigenvalue weighted by molar-refractivity contribution is 9.10. The zero-order valence-electron chi connectivity index (χ0n) is 11.4. The van der Waals surface area contributed by atoms with E-state index in [9.17, 15) is 13.9 Å². The standard InChI is InChI=1S/C14H18BrF2NO2/c1-8(2)18-5-6-20-11(7-18)14(19)12-10(16)4-3-9(15)13(12)17/h3-4,8,11,14,19H,5-7H2,1-2H3. The van der Waals surface area contributed by atoms with Gasteiger partial charge in [-0.2, -0.15) is 0 Å². The van der Waals surface area contributed by atoms with Gasteiger partial charge in [-0.1, -0.05) is 0 Å². The minimum Gasteiger partial charge on any atom is -0.385 e. The van der Waals surface area contributed by atoms with Gasteiger partial charge in [0.05, 0.1) is 16.6 Å². The van der Waals surface area contributed by atoms with Crippen molar-refractivity contribution >= 4 is 15.9 Å². The summed E-state index contributed by atoms with van der Waals surface area (Å²) in [7, 11) is 0. The maximum atomic E-state index is 14.0. The highest BCUT2D eigenvalue weighted by atomic mass is 79.9. The minimum absolute atomic E-state index is 0.129. The fraction of sp³-hybridized carbons (Fsp3) is 0.571. The van der Waals surface area contributed by atoms with Crippen molar-refractivity contribution in [3.63, 3.8) is 0 Å². The number of morpholine rings is 1. The second kappa shape index (κ2) is 6.47. The molecule has 1 heterocycles. The number of aliphatic hydroxyl groups excluding tert-OH is 1. The summed E-state index contributed by atoms with van der Waals surface area (Å²) in [6, 6.07) is 2.71. The second-order valence-corrected chi connectivity index (χ2v) is 6.05. The Morgan fingerprint density at radius 3 is 2.75 bits per heavy atom. The Hall–Kier alpha value is -0.560. The van der Waals surface area contributed by atoms with Crippen molar-refractivity contribution in [2.45, 2.75) is 32.1 Å². The Morgan fingerprint density at radius 1 is 1.40 bits per heavy atom. The molecule has 1 aliphatic heterocycles. The lowest BCUT2D eigenvalue weighted by Crippen LogP contribution is -2.48. The van der Waals surface area contributed by atoms with Crippen LogP contribution in [0.25, 0.3) is 0 Å². The van der Waals surface area contributed by atoms with Crippen molar-refractivity contribution in [1.29, 1.82) is 0 Å². The van der Waals surface area contributed by atoms with E-state index in [0.29, 0.717) is 19.2 Å². The maximum Gasteiger partial charge on any atom is 0.146 e. The maximum absolute atomic E-state index is 14.0. The molecule has 1 aliphatic rings. The predicted octanol–water partition coefficient (Wildman–Crippen LogP) is 2.87. The van der Waals surface area contributed by atoms with E-state index in [2.05, 4.69) is 20.8 Å². The fourth-order valence-electron chi connectivity index (χ4n) is 2.36. The second-order valence-electron chi connectivity index (χ2n) is 5.20. The molecule has 0 aromatic heterocycles. The van der Waals surface area contributed by atoms with Crippen LogP contribution in [0, 0.1) is 11.6 Å². The highest BCUT2D eigenvalue weighted by Gasteiger charge is 2.32. The van der Waals surface area contributed by atoms with Gasteiger partial charge >= 0.3 is 0 Å². The molecule has 0 radical (unpaired) electrons. The molecule has 0 spiro atoms. The van der Waals surface area contributed by atoms with E-state index in [-0.39, 0.29) is 10.0 Å². The Morgan fingerprint density at radius 2 is 2.10 bits per heavy atom. The van der Waals surface area contributed by atoms with E-state index in [1.165, 1.54) is 6.07 Å². The van der Waals surface area contributed by atoms with Crippen LogP contribution < -0.4 is 0 Å². The van der Waals surface area contributed by atoms with Gasteiger partial charge in [0.2, 0.25) is 0 Å². The Bertz CT molecular complexity index is 484. The van der Waals surface area contributed by atoms with Gasteiger partial charge < -0.3 is 9.84 Å². The van der Waals surface area contributed by atoms with Gasteiger partial charge in [0.15, 0.2) is 0 Å². The van der Waals surface area contributed by atoms with E-state index in [0.717, 1.165) is 12.6 Å². The lowest BCUT2D eigenvalue weighted by Gasteiger charge is -2.37. The number of hydrogen-bond donors (Lipinski definition) is 1. The number of halogens is 3. The molecule has 0 bridgehead atoms. The highest BCUT2D eigenvalue weighted by Crippen LogP contribution is 2.30. The number of nitrogens with zero attached hydrogens (tertiary/aromatic N) is 1. The molecule has 1 aromatic carbocycles. The number of rotatable bonds is 3. The molecule has 1 fully saturated rings. The average molecular weight is 350 g/mol. The normalized spacial score (nSPS) is 22.2. The number of hydrogen-bond acceptors (Lipinski definition) is 3.